The van der Waals surface area contributed by atoms with Gasteiger partial charge in [-0.2, -0.15) is 0 Å². The number of carboxylic acids is 1. The van der Waals surface area contributed by atoms with Gasteiger partial charge in [0, 0.05) is 24.4 Å². The van der Waals surface area contributed by atoms with Crippen molar-refractivity contribution in [2.24, 2.45) is 0 Å². The number of aromatic nitrogens is 2. The summed E-state index contributed by atoms with van der Waals surface area (Å²) in [4.78, 5) is 22.2. The maximum Gasteiger partial charge on any atom is 0.305 e. The van der Waals surface area contributed by atoms with E-state index >= 15 is 0 Å². The number of amides is 1. The number of rotatable bonds is 7. The zero-order valence-electron chi connectivity index (χ0n) is 12.2. The highest BCUT2D eigenvalue weighted by Gasteiger charge is 2.13. The fourth-order valence-corrected chi connectivity index (χ4v) is 1.93. The predicted molar refractivity (Wildman–Crippen MR) is 77.9 cm³/mol. The van der Waals surface area contributed by atoms with E-state index in [1.807, 2.05) is 30.3 Å². The minimum absolute atomic E-state index is 0.107. The number of aryl methyl sites for hydroxylation is 1. The molecule has 0 fully saturated rings. The predicted octanol–water partition coefficient (Wildman–Crippen LogP) is 1.65. The molecule has 1 aromatic heterocycles. The smallest absolute Gasteiger partial charge is 0.305 e. The molecule has 116 valence electrons. The highest BCUT2D eigenvalue weighted by molar-refractivity contribution is 5.77. The van der Waals surface area contributed by atoms with Crippen LogP contribution in [0.1, 0.15) is 25.7 Å². The summed E-state index contributed by atoms with van der Waals surface area (Å²) in [6.07, 6.45) is 0.371. The van der Waals surface area contributed by atoms with Gasteiger partial charge in [0.25, 0.3) is 0 Å². The van der Waals surface area contributed by atoms with Gasteiger partial charge in [0.1, 0.15) is 0 Å². The molecule has 7 heteroatoms. The minimum atomic E-state index is -0.947. The van der Waals surface area contributed by atoms with Crippen molar-refractivity contribution in [1.29, 1.82) is 0 Å². The van der Waals surface area contributed by atoms with Crippen LogP contribution in [0.2, 0.25) is 0 Å². The van der Waals surface area contributed by atoms with Gasteiger partial charge in [-0.1, -0.05) is 18.2 Å². The topological polar surface area (TPSA) is 105 Å². The zero-order chi connectivity index (χ0) is 15.9. The van der Waals surface area contributed by atoms with Gasteiger partial charge in [-0.25, -0.2) is 0 Å². The quantitative estimate of drug-likeness (QED) is 0.805. The number of carbonyl (C=O) groups is 2. The lowest BCUT2D eigenvalue weighted by molar-refractivity contribution is -0.137. The molecule has 1 heterocycles. The van der Waals surface area contributed by atoms with Crippen molar-refractivity contribution in [3.05, 3.63) is 36.2 Å². The second-order valence-corrected chi connectivity index (χ2v) is 4.93. The van der Waals surface area contributed by atoms with E-state index in [2.05, 4.69) is 15.5 Å². The van der Waals surface area contributed by atoms with Crippen LogP contribution in [0.3, 0.4) is 0 Å². The molecule has 2 N–H and O–H groups in total. The number of nitrogens with one attached hydrogen (secondary N) is 1. The number of benzene rings is 1. The van der Waals surface area contributed by atoms with Gasteiger partial charge in [0.05, 0.1) is 6.42 Å². The monoisotopic (exact) mass is 303 g/mol. The van der Waals surface area contributed by atoms with Gasteiger partial charge in [0.15, 0.2) is 0 Å². The first-order valence-electron chi connectivity index (χ1n) is 6.93. The lowest BCUT2D eigenvalue weighted by Gasteiger charge is -2.10. The summed E-state index contributed by atoms with van der Waals surface area (Å²) in [6, 6.07) is 8.94. The maximum atomic E-state index is 11.7. The van der Waals surface area contributed by atoms with Crippen LogP contribution in [0.4, 0.5) is 0 Å². The summed E-state index contributed by atoms with van der Waals surface area (Å²) >= 11 is 0. The second kappa shape index (κ2) is 7.35. The van der Waals surface area contributed by atoms with E-state index in [1.165, 1.54) is 0 Å². The van der Waals surface area contributed by atoms with Crippen LogP contribution in [0.25, 0.3) is 11.5 Å². The average Bonchev–Trinajstić information content (AvgIpc) is 2.94. The van der Waals surface area contributed by atoms with Crippen LogP contribution >= 0.6 is 0 Å². The molecule has 0 aliphatic carbocycles. The zero-order valence-corrected chi connectivity index (χ0v) is 12.2. The molecule has 7 nitrogen and oxygen atoms in total. The normalized spacial score (nSPS) is 11.9. The first kappa shape index (κ1) is 15.7. The molecular weight excluding hydrogens is 286 g/mol. The summed E-state index contributed by atoms with van der Waals surface area (Å²) in [6.45, 7) is 1.65. The third-order valence-corrected chi connectivity index (χ3v) is 2.94. The molecule has 0 spiro atoms. The second-order valence-electron chi connectivity index (χ2n) is 4.93. The minimum Gasteiger partial charge on any atom is -0.481 e. The summed E-state index contributed by atoms with van der Waals surface area (Å²) in [7, 11) is 0. The van der Waals surface area contributed by atoms with Gasteiger partial charge in [-0.3, -0.25) is 9.59 Å². The van der Waals surface area contributed by atoms with Crippen LogP contribution < -0.4 is 5.32 Å². The van der Waals surface area contributed by atoms with Crippen LogP contribution in [0, 0.1) is 0 Å². The Hall–Kier alpha value is -2.70. The Kier molecular flexibility index (Phi) is 5.24. The van der Waals surface area contributed by atoms with Gasteiger partial charge >= 0.3 is 5.97 Å². The van der Waals surface area contributed by atoms with Gasteiger partial charge in [-0.05, 0) is 19.1 Å². The number of aliphatic carboxylic acids is 1. The van der Waals surface area contributed by atoms with Crippen molar-refractivity contribution in [3.8, 4) is 11.5 Å². The molecule has 0 radical (unpaired) electrons. The Labute approximate surface area is 127 Å². The van der Waals surface area contributed by atoms with Gasteiger partial charge in [0.2, 0.25) is 17.7 Å². The molecule has 22 heavy (non-hydrogen) atoms. The largest absolute Gasteiger partial charge is 0.481 e. The molecular formula is C15H17N3O4. The Morgan fingerprint density at radius 2 is 2.00 bits per heavy atom. The molecule has 1 unspecified atom stereocenters. The molecule has 1 aromatic carbocycles. The fourth-order valence-electron chi connectivity index (χ4n) is 1.93. The van der Waals surface area contributed by atoms with E-state index in [4.69, 9.17) is 9.52 Å². The fraction of sp³-hybridized carbons (Fsp3) is 0.333. The Morgan fingerprint density at radius 1 is 1.27 bits per heavy atom. The Bertz CT molecular complexity index is 639. The summed E-state index contributed by atoms with van der Waals surface area (Å²) in [5, 5.41) is 19.1. The standard InChI is InChI=1S/C15H17N3O4/c1-10(9-14(20)21)16-12(19)7-8-13-17-18-15(22-13)11-5-3-2-4-6-11/h2-6,10H,7-9H2,1H3,(H,16,19)(H,20,21). The number of nitrogens with zero attached hydrogens (tertiary/aromatic N) is 2. The van der Waals surface area contributed by atoms with E-state index in [1.54, 1.807) is 6.92 Å². The van der Waals surface area contributed by atoms with Gasteiger partial charge in [-0.15, -0.1) is 10.2 Å². The van der Waals surface area contributed by atoms with E-state index in [0.29, 0.717) is 18.2 Å². The molecule has 0 aliphatic rings. The highest BCUT2D eigenvalue weighted by Crippen LogP contribution is 2.17. The Balaban J connectivity index is 1.84. The first-order valence-corrected chi connectivity index (χ1v) is 6.93. The van der Waals surface area contributed by atoms with Crippen molar-refractivity contribution in [2.45, 2.75) is 32.2 Å². The SMILES string of the molecule is CC(CC(=O)O)NC(=O)CCc1nnc(-c2ccccc2)o1. The Morgan fingerprint density at radius 3 is 2.68 bits per heavy atom. The van der Waals surface area contributed by atoms with Crippen molar-refractivity contribution in [2.75, 3.05) is 0 Å². The summed E-state index contributed by atoms with van der Waals surface area (Å²) in [5.41, 5.74) is 0.820. The van der Waals surface area contributed by atoms with E-state index < -0.39 is 12.0 Å². The molecule has 1 atom stereocenters. The first-order chi connectivity index (χ1) is 10.5. The van der Waals surface area contributed by atoms with E-state index in [-0.39, 0.29) is 18.7 Å². The average molecular weight is 303 g/mol. The summed E-state index contributed by atoms with van der Waals surface area (Å²) in [5.74, 6) is -0.402. The third-order valence-electron chi connectivity index (χ3n) is 2.94. The van der Waals surface area contributed by atoms with Crippen molar-refractivity contribution >= 4 is 11.9 Å². The summed E-state index contributed by atoms with van der Waals surface area (Å²) < 4.78 is 5.49. The molecule has 0 bridgehead atoms. The lowest BCUT2D eigenvalue weighted by Crippen LogP contribution is -2.34. The molecule has 2 rings (SSSR count). The third kappa shape index (κ3) is 4.69. The molecule has 0 aliphatic heterocycles. The van der Waals surface area contributed by atoms with Crippen molar-refractivity contribution in [1.82, 2.24) is 15.5 Å². The number of hydrogen-bond acceptors (Lipinski definition) is 5. The number of carbonyl (C=O) groups excluding carboxylic acids is 1. The van der Waals surface area contributed by atoms with E-state index in [0.717, 1.165) is 5.56 Å². The van der Waals surface area contributed by atoms with Crippen LogP contribution in [0.15, 0.2) is 34.7 Å². The van der Waals surface area contributed by atoms with Gasteiger partial charge < -0.3 is 14.8 Å². The maximum absolute atomic E-state index is 11.7. The van der Waals surface area contributed by atoms with Crippen LogP contribution in [-0.4, -0.2) is 33.2 Å². The molecule has 0 saturated heterocycles. The number of hydrogen-bond donors (Lipinski definition) is 2. The highest BCUT2D eigenvalue weighted by atomic mass is 16.4. The number of carboxylic acid groups (broad SMARTS) is 1. The molecule has 0 saturated carbocycles. The van der Waals surface area contributed by atoms with Crippen molar-refractivity contribution < 1.29 is 19.1 Å². The lowest BCUT2D eigenvalue weighted by atomic mass is 10.2. The van der Waals surface area contributed by atoms with Crippen LogP contribution in [-0.2, 0) is 16.0 Å². The molecule has 1 amide bonds. The van der Waals surface area contributed by atoms with E-state index in [9.17, 15) is 9.59 Å². The van der Waals surface area contributed by atoms with Crippen LogP contribution in [0.5, 0.6) is 0 Å². The molecule has 2 aromatic rings. The van der Waals surface area contributed by atoms with Crippen molar-refractivity contribution in [3.63, 3.8) is 0 Å².